The van der Waals surface area contributed by atoms with E-state index in [1.807, 2.05) is 35.0 Å². The number of anilines is 1. The van der Waals surface area contributed by atoms with Crippen molar-refractivity contribution in [3.05, 3.63) is 47.7 Å². The molecule has 5 nitrogen and oxygen atoms in total. The van der Waals surface area contributed by atoms with Gasteiger partial charge < -0.3 is 10.6 Å². The summed E-state index contributed by atoms with van der Waals surface area (Å²) in [5.41, 5.74) is 8.96. The molecule has 1 aromatic carbocycles. The van der Waals surface area contributed by atoms with Gasteiger partial charge in [-0.05, 0) is 24.6 Å². The van der Waals surface area contributed by atoms with Crippen molar-refractivity contribution in [2.45, 2.75) is 12.5 Å². The van der Waals surface area contributed by atoms with Crippen LogP contribution in [-0.4, -0.2) is 33.7 Å². The van der Waals surface area contributed by atoms with E-state index in [0.29, 0.717) is 0 Å². The smallest absolute Gasteiger partial charge is 0.154 e. The zero-order valence-electron chi connectivity index (χ0n) is 12.0. The average Bonchev–Trinajstić information content (AvgIpc) is 3.13. The maximum atomic E-state index is 6.01. The molecule has 2 N–H and O–H groups in total. The maximum Gasteiger partial charge on any atom is 0.154 e. The van der Waals surface area contributed by atoms with Crippen LogP contribution in [0, 0.1) is 0 Å². The van der Waals surface area contributed by atoms with Crippen molar-refractivity contribution >= 4 is 22.9 Å². The highest BCUT2D eigenvalue weighted by molar-refractivity contribution is 6.30. The van der Waals surface area contributed by atoms with E-state index in [1.54, 1.807) is 6.20 Å². The first-order valence-corrected chi connectivity index (χ1v) is 7.69. The number of hydrogen-bond acceptors (Lipinski definition) is 4. The lowest BCUT2D eigenvalue weighted by Gasteiger charge is -2.17. The highest BCUT2D eigenvalue weighted by atomic mass is 35.5. The van der Waals surface area contributed by atoms with E-state index in [-0.39, 0.29) is 6.04 Å². The summed E-state index contributed by atoms with van der Waals surface area (Å²) in [6.07, 6.45) is 4.65. The lowest BCUT2D eigenvalue weighted by Crippen LogP contribution is -2.27. The molecule has 1 unspecified atom stereocenters. The molecule has 1 aliphatic heterocycles. The molecule has 112 valence electrons. The Labute approximate surface area is 133 Å². The predicted molar refractivity (Wildman–Crippen MR) is 88.2 cm³/mol. The van der Waals surface area contributed by atoms with Crippen LogP contribution in [0.2, 0.25) is 5.02 Å². The number of rotatable bonds is 2. The van der Waals surface area contributed by atoms with Gasteiger partial charge in [0.1, 0.15) is 5.52 Å². The minimum atomic E-state index is 0.223. The second-order valence-electron chi connectivity index (χ2n) is 5.61. The average molecular weight is 314 g/mol. The van der Waals surface area contributed by atoms with Crippen LogP contribution in [0.15, 0.2) is 42.7 Å². The second-order valence-corrected chi connectivity index (χ2v) is 6.05. The van der Waals surface area contributed by atoms with Crippen molar-refractivity contribution in [2.75, 3.05) is 18.0 Å². The van der Waals surface area contributed by atoms with Gasteiger partial charge in [0.25, 0.3) is 0 Å². The number of nitrogens with two attached hydrogens (primary N) is 1. The third-order valence-electron chi connectivity index (χ3n) is 4.03. The van der Waals surface area contributed by atoms with Crippen LogP contribution < -0.4 is 10.6 Å². The van der Waals surface area contributed by atoms with E-state index >= 15 is 0 Å². The van der Waals surface area contributed by atoms with Gasteiger partial charge in [0, 0.05) is 42.1 Å². The summed E-state index contributed by atoms with van der Waals surface area (Å²) in [7, 11) is 0. The number of nitrogens with zero attached hydrogens (tertiary/aromatic N) is 4. The molecule has 1 fully saturated rings. The maximum absolute atomic E-state index is 6.01. The third kappa shape index (κ3) is 2.32. The molecule has 1 saturated heterocycles. The molecular weight excluding hydrogens is 298 g/mol. The van der Waals surface area contributed by atoms with Gasteiger partial charge in [-0.1, -0.05) is 23.7 Å². The fourth-order valence-corrected chi connectivity index (χ4v) is 3.02. The van der Waals surface area contributed by atoms with Gasteiger partial charge in [0.05, 0.1) is 5.69 Å². The molecule has 0 spiro atoms. The van der Waals surface area contributed by atoms with E-state index in [9.17, 15) is 0 Å². The number of benzene rings is 1. The normalized spacial score (nSPS) is 18.3. The summed E-state index contributed by atoms with van der Waals surface area (Å²) in [6, 6.07) is 9.99. The lowest BCUT2D eigenvalue weighted by atomic mass is 10.1. The Balaban J connectivity index is 1.79. The standard InChI is InChI=1S/C16H16ClN5/c17-12-3-1-11(2-4-12)14-9-15-16(19-6-8-22(15)20-14)21-7-5-13(18)10-21/h1-4,6,8-9,13H,5,7,10,18H2. The van der Waals surface area contributed by atoms with Crippen molar-refractivity contribution in [3.63, 3.8) is 0 Å². The van der Waals surface area contributed by atoms with E-state index < -0.39 is 0 Å². The van der Waals surface area contributed by atoms with Crippen LogP contribution in [0.25, 0.3) is 16.8 Å². The van der Waals surface area contributed by atoms with E-state index in [4.69, 9.17) is 17.3 Å². The highest BCUT2D eigenvalue weighted by Crippen LogP contribution is 2.27. The minimum Gasteiger partial charge on any atom is -0.353 e. The summed E-state index contributed by atoms with van der Waals surface area (Å²) in [5, 5.41) is 5.36. The van der Waals surface area contributed by atoms with E-state index in [1.165, 1.54) is 0 Å². The SMILES string of the molecule is NC1CCN(c2nccn3nc(-c4ccc(Cl)cc4)cc23)C1. The van der Waals surface area contributed by atoms with Gasteiger partial charge in [-0.3, -0.25) is 0 Å². The van der Waals surface area contributed by atoms with E-state index in [2.05, 4.69) is 21.0 Å². The summed E-state index contributed by atoms with van der Waals surface area (Å²) in [4.78, 5) is 6.76. The van der Waals surface area contributed by atoms with Crippen molar-refractivity contribution in [1.82, 2.24) is 14.6 Å². The molecule has 22 heavy (non-hydrogen) atoms. The molecule has 1 aliphatic rings. The topological polar surface area (TPSA) is 59.5 Å². The molecular formula is C16H16ClN5. The number of halogens is 1. The van der Waals surface area contributed by atoms with Gasteiger partial charge in [-0.15, -0.1) is 0 Å². The molecule has 4 rings (SSSR count). The predicted octanol–water partition coefficient (Wildman–Crippen LogP) is 2.59. The molecule has 2 aromatic heterocycles. The van der Waals surface area contributed by atoms with Crippen molar-refractivity contribution < 1.29 is 0 Å². The zero-order chi connectivity index (χ0) is 15.1. The largest absolute Gasteiger partial charge is 0.353 e. The molecule has 1 atom stereocenters. The van der Waals surface area contributed by atoms with Crippen LogP contribution in [0.5, 0.6) is 0 Å². The van der Waals surface area contributed by atoms with Crippen molar-refractivity contribution in [2.24, 2.45) is 5.73 Å². The first-order chi connectivity index (χ1) is 10.7. The zero-order valence-corrected chi connectivity index (χ0v) is 12.7. The van der Waals surface area contributed by atoms with Crippen LogP contribution in [-0.2, 0) is 0 Å². The Bertz CT molecular complexity index is 811. The van der Waals surface area contributed by atoms with Crippen LogP contribution in [0.3, 0.4) is 0 Å². The first-order valence-electron chi connectivity index (χ1n) is 7.31. The summed E-state index contributed by atoms with van der Waals surface area (Å²) in [5.74, 6) is 0.947. The van der Waals surface area contributed by atoms with Crippen molar-refractivity contribution in [3.8, 4) is 11.3 Å². The molecule has 0 amide bonds. The van der Waals surface area contributed by atoms with Gasteiger partial charge in [0.2, 0.25) is 0 Å². The molecule has 0 saturated carbocycles. The Hall–Kier alpha value is -2.11. The second kappa shape index (κ2) is 5.26. The Morgan fingerprint density at radius 2 is 2.05 bits per heavy atom. The Morgan fingerprint density at radius 1 is 1.23 bits per heavy atom. The van der Waals surface area contributed by atoms with Gasteiger partial charge in [0.15, 0.2) is 5.82 Å². The van der Waals surface area contributed by atoms with Gasteiger partial charge >= 0.3 is 0 Å². The fraction of sp³-hybridized carbons (Fsp3) is 0.250. The Kier molecular flexibility index (Phi) is 3.24. The fourth-order valence-electron chi connectivity index (χ4n) is 2.89. The highest BCUT2D eigenvalue weighted by Gasteiger charge is 2.22. The van der Waals surface area contributed by atoms with Crippen LogP contribution in [0.1, 0.15) is 6.42 Å². The quantitative estimate of drug-likeness (QED) is 0.790. The minimum absolute atomic E-state index is 0.223. The monoisotopic (exact) mass is 313 g/mol. The molecule has 0 aliphatic carbocycles. The molecule has 3 heterocycles. The molecule has 0 radical (unpaired) electrons. The lowest BCUT2D eigenvalue weighted by molar-refractivity contribution is 0.751. The summed E-state index contributed by atoms with van der Waals surface area (Å²) < 4.78 is 1.87. The van der Waals surface area contributed by atoms with Gasteiger partial charge in [-0.25, -0.2) is 9.50 Å². The molecule has 3 aromatic rings. The van der Waals surface area contributed by atoms with Crippen molar-refractivity contribution in [1.29, 1.82) is 0 Å². The third-order valence-corrected chi connectivity index (χ3v) is 4.29. The van der Waals surface area contributed by atoms with Crippen LogP contribution >= 0.6 is 11.6 Å². The number of hydrogen-bond donors (Lipinski definition) is 1. The summed E-state index contributed by atoms with van der Waals surface area (Å²) in [6.45, 7) is 1.78. The van der Waals surface area contributed by atoms with Crippen LogP contribution in [0.4, 0.5) is 5.82 Å². The number of fused-ring (bicyclic) bond motifs is 1. The first kappa shape index (κ1) is 13.5. The molecule has 6 heteroatoms. The molecule has 0 bridgehead atoms. The number of aromatic nitrogens is 3. The Morgan fingerprint density at radius 3 is 2.77 bits per heavy atom. The van der Waals surface area contributed by atoms with E-state index in [0.717, 1.165) is 47.1 Å². The van der Waals surface area contributed by atoms with Gasteiger partial charge in [-0.2, -0.15) is 5.10 Å². The summed E-state index contributed by atoms with van der Waals surface area (Å²) >= 11 is 5.95.